The lowest BCUT2D eigenvalue weighted by atomic mass is 10.0. The highest BCUT2D eigenvalue weighted by Crippen LogP contribution is 2.27. The lowest BCUT2D eigenvalue weighted by molar-refractivity contribution is 0.184. The zero-order valence-corrected chi connectivity index (χ0v) is 14.7. The number of fused-ring (bicyclic) bond motifs is 1. The van der Waals surface area contributed by atoms with E-state index in [1.165, 1.54) is 12.1 Å². The van der Waals surface area contributed by atoms with E-state index in [4.69, 9.17) is 0 Å². The number of halogens is 1. The molecular formula is C20H21FN4O. The van der Waals surface area contributed by atoms with Crippen LogP contribution in [0.5, 0.6) is 0 Å². The first-order valence-electron chi connectivity index (χ1n) is 8.85. The van der Waals surface area contributed by atoms with Crippen LogP contribution in [0.25, 0.3) is 11.0 Å². The maximum absolute atomic E-state index is 13.3. The molecule has 1 fully saturated rings. The van der Waals surface area contributed by atoms with Gasteiger partial charge in [0.05, 0.1) is 17.4 Å². The fourth-order valence-corrected chi connectivity index (χ4v) is 3.48. The van der Waals surface area contributed by atoms with Gasteiger partial charge < -0.3 is 14.8 Å². The number of aryl methyl sites for hydroxylation is 1. The molecule has 0 aliphatic carbocycles. The second-order valence-corrected chi connectivity index (χ2v) is 6.80. The lowest BCUT2D eigenvalue weighted by Crippen LogP contribution is -2.41. The summed E-state index contributed by atoms with van der Waals surface area (Å²) in [5, 5.41) is 2.95. The number of piperidine rings is 1. The van der Waals surface area contributed by atoms with E-state index in [0.717, 1.165) is 29.6 Å². The number of hydrogen-bond acceptors (Lipinski definition) is 2. The number of rotatable bonds is 2. The van der Waals surface area contributed by atoms with E-state index in [1.807, 2.05) is 36.1 Å². The minimum absolute atomic E-state index is 0.0649. The van der Waals surface area contributed by atoms with Gasteiger partial charge in [0.15, 0.2) is 0 Å². The highest BCUT2D eigenvalue weighted by atomic mass is 19.1. The minimum Gasteiger partial charge on any atom is -0.327 e. The normalized spacial score (nSPS) is 15.4. The molecule has 1 N–H and O–H groups in total. The molecule has 0 atom stereocenters. The molecule has 2 amide bonds. The summed E-state index contributed by atoms with van der Waals surface area (Å²) < 4.78 is 15.4. The molecule has 3 aromatic rings. The average Bonchev–Trinajstić information content (AvgIpc) is 3.06. The molecule has 1 aliphatic rings. The Morgan fingerprint density at radius 2 is 1.88 bits per heavy atom. The standard InChI is InChI=1S/C20H21FN4O/c1-14-2-5-16(6-3-14)23-20(26)24-10-8-17(9-11-24)25-13-22-18-12-15(21)4-7-19(18)25/h2-7,12-13,17H,8-11H2,1H3,(H,23,26). The number of amides is 2. The second-order valence-electron chi connectivity index (χ2n) is 6.80. The predicted molar refractivity (Wildman–Crippen MR) is 99.7 cm³/mol. The largest absolute Gasteiger partial charge is 0.327 e. The van der Waals surface area contributed by atoms with Crippen LogP contribution in [-0.2, 0) is 0 Å². The summed E-state index contributed by atoms with van der Waals surface area (Å²) in [6.07, 6.45) is 3.48. The van der Waals surface area contributed by atoms with Crippen molar-refractivity contribution in [3.63, 3.8) is 0 Å². The van der Waals surface area contributed by atoms with Crippen molar-refractivity contribution >= 4 is 22.8 Å². The number of carbonyl (C=O) groups excluding carboxylic acids is 1. The van der Waals surface area contributed by atoms with E-state index in [0.29, 0.717) is 18.6 Å². The zero-order valence-electron chi connectivity index (χ0n) is 14.7. The summed E-state index contributed by atoms with van der Waals surface area (Å²) in [7, 11) is 0. The van der Waals surface area contributed by atoms with Crippen molar-refractivity contribution in [3.05, 3.63) is 60.2 Å². The van der Waals surface area contributed by atoms with Gasteiger partial charge in [0.25, 0.3) is 0 Å². The number of likely N-dealkylation sites (tertiary alicyclic amines) is 1. The van der Waals surface area contributed by atoms with Crippen molar-refractivity contribution in [2.45, 2.75) is 25.8 Å². The molecule has 6 heteroatoms. The maximum atomic E-state index is 13.3. The SMILES string of the molecule is Cc1ccc(NC(=O)N2CCC(n3cnc4cc(F)ccc43)CC2)cc1. The molecule has 1 saturated heterocycles. The summed E-state index contributed by atoms with van der Waals surface area (Å²) in [4.78, 5) is 18.6. The predicted octanol–water partition coefficient (Wildman–Crippen LogP) is 4.35. The van der Waals surface area contributed by atoms with E-state index >= 15 is 0 Å². The highest BCUT2D eigenvalue weighted by molar-refractivity contribution is 5.89. The van der Waals surface area contributed by atoms with E-state index in [2.05, 4.69) is 14.9 Å². The van der Waals surface area contributed by atoms with Crippen molar-refractivity contribution in [2.75, 3.05) is 18.4 Å². The molecule has 0 radical (unpaired) electrons. The number of benzene rings is 2. The van der Waals surface area contributed by atoms with Crippen LogP contribution in [0.1, 0.15) is 24.4 Å². The van der Waals surface area contributed by atoms with Crippen LogP contribution in [0, 0.1) is 12.7 Å². The smallest absolute Gasteiger partial charge is 0.321 e. The topological polar surface area (TPSA) is 50.2 Å². The maximum Gasteiger partial charge on any atom is 0.321 e. The van der Waals surface area contributed by atoms with Gasteiger partial charge in [-0.25, -0.2) is 14.2 Å². The van der Waals surface area contributed by atoms with Gasteiger partial charge in [0.1, 0.15) is 5.82 Å². The fraction of sp³-hybridized carbons (Fsp3) is 0.300. The van der Waals surface area contributed by atoms with E-state index in [1.54, 1.807) is 12.4 Å². The van der Waals surface area contributed by atoms with Crippen LogP contribution in [-0.4, -0.2) is 33.6 Å². The molecule has 5 nitrogen and oxygen atoms in total. The lowest BCUT2D eigenvalue weighted by Gasteiger charge is -2.32. The molecule has 1 aliphatic heterocycles. The van der Waals surface area contributed by atoms with Crippen LogP contribution >= 0.6 is 0 Å². The molecule has 2 heterocycles. The van der Waals surface area contributed by atoms with Crippen LogP contribution in [0.4, 0.5) is 14.9 Å². The van der Waals surface area contributed by atoms with Crippen LogP contribution in [0.3, 0.4) is 0 Å². The quantitative estimate of drug-likeness (QED) is 0.745. The second kappa shape index (κ2) is 6.78. The Hall–Kier alpha value is -2.89. The monoisotopic (exact) mass is 352 g/mol. The summed E-state index contributed by atoms with van der Waals surface area (Å²) >= 11 is 0. The molecule has 0 saturated carbocycles. The van der Waals surface area contributed by atoms with Gasteiger partial charge in [-0.15, -0.1) is 0 Å². The third-order valence-corrected chi connectivity index (χ3v) is 4.98. The van der Waals surface area contributed by atoms with Crippen LogP contribution in [0.15, 0.2) is 48.8 Å². The van der Waals surface area contributed by atoms with Gasteiger partial charge in [-0.3, -0.25) is 0 Å². The molecular weight excluding hydrogens is 331 g/mol. The Bertz CT molecular complexity index is 927. The third kappa shape index (κ3) is 3.27. The van der Waals surface area contributed by atoms with Gasteiger partial charge in [0, 0.05) is 30.9 Å². The molecule has 1 aromatic heterocycles. The minimum atomic E-state index is -0.273. The van der Waals surface area contributed by atoms with Crippen LogP contribution in [0.2, 0.25) is 0 Å². The highest BCUT2D eigenvalue weighted by Gasteiger charge is 2.24. The average molecular weight is 352 g/mol. The van der Waals surface area contributed by atoms with Gasteiger partial charge in [-0.2, -0.15) is 0 Å². The number of nitrogens with one attached hydrogen (secondary N) is 1. The zero-order chi connectivity index (χ0) is 18.1. The molecule has 0 spiro atoms. The van der Waals surface area contributed by atoms with Crippen molar-refractivity contribution in [1.29, 1.82) is 0 Å². The summed E-state index contributed by atoms with van der Waals surface area (Å²) in [5.41, 5.74) is 3.58. The summed E-state index contributed by atoms with van der Waals surface area (Å²) in [6.45, 7) is 3.39. The number of urea groups is 1. The van der Waals surface area contributed by atoms with Crippen molar-refractivity contribution in [1.82, 2.24) is 14.5 Å². The first kappa shape index (κ1) is 16.6. The number of anilines is 1. The molecule has 0 bridgehead atoms. The van der Waals surface area contributed by atoms with Crippen LogP contribution < -0.4 is 5.32 Å². The number of carbonyl (C=O) groups is 1. The Morgan fingerprint density at radius 3 is 2.62 bits per heavy atom. The molecule has 134 valence electrons. The Balaban J connectivity index is 1.40. The number of aromatic nitrogens is 2. The van der Waals surface area contributed by atoms with Gasteiger partial charge in [-0.05, 0) is 44.0 Å². The first-order valence-corrected chi connectivity index (χ1v) is 8.85. The fourth-order valence-electron chi connectivity index (χ4n) is 3.48. The third-order valence-electron chi connectivity index (χ3n) is 4.98. The van der Waals surface area contributed by atoms with Crippen molar-refractivity contribution < 1.29 is 9.18 Å². The van der Waals surface area contributed by atoms with E-state index < -0.39 is 0 Å². The molecule has 26 heavy (non-hydrogen) atoms. The molecule has 2 aromatic carbocycles. The van der Waals surface area contributed by atoms with E-state index in [9.17, 15) is 9.18 Å². The number of hydrogen-bond donors (Lipinski definition) is 1. The Labute approximate surface area is 151 Å². The summed E-state index contributed by atoms with van der Waals surface area (Å²) in [5.74, 6) is -0.273. The van der Waals surface area contributed by atoms with Gasteiger partial charge >= 0.3 is 6.03 Å². The summed E-state index contributed by atoms with van der Waals surface area (Å²) in [6, 6.07) is 12.7. The Morgan fingerprint density at radius 1 is 1.15 bits per heavy atom. The molecule has 4 rings (SSSR count). The Kier molecular flexibility index (Phi) is 4.32. The van der Waals surface area contributed by atoms with Gasteiger partial charge in [-0.1, -0.05) is 17.7 Å². The van der Waals surface area contributed by atoms with Crippen molar-refractivity contribution in [3.8, 4) is 0 Å². The van der Waals surface area contributed by atoms with Crippen molar-refractivity contribution in [2.24, 2.45) is 0 Å². The number of imidazole rings is 1. The number of nitrogens with zero attached hydrogens (tertiary/aromatic N) is 3. The first-order chi connectivity index (χ1) is 12.6. The van der Waals surface area contributed by atoms with E-state index in [-0.39, 0.29) is 17.9 Å². The van der Waals surface area contributed by atoms with Gasteiger partial charge in [0.2, 0.25) is 0 Å². The molecule has 0 unspecified atom stereocenters.